The molecule has 0 bridgehead atoms. The second-order valence-electron chi connectivity index (χ2n) is 3.35. The minimum Gasteiger partial charge on any atom is -0.493 e. The second kappa shape index (κ2) is 5.98. The summed E-state index contributed by atoms with van der Waals surface area (Å²) in [6.45, 7) is 1.47. The summed E-state index contributed by atoms with van der Waals surface area (Å²) in [4.78, 5) is 10.8. The van der Waals surface area contributed by atoms with E-state index in [-0.39, 0.29) is 12.4 Å². The Bertz CT molecular complexity index is 375. The van der Waals surface area contributed by atoms with Crippen LogP contribution in [0.25, 0.3) is 0 Å². The lowest BCUT2D eigenvalue weighted by molar-refractivity contribution is -0.118. The van der Waals surface area contributed by atoms with Crippen molar-refractivity contribution >= 4 is 5.78 Å². The lowest BCUT2D eigenvalue weighted by atomic mass is 10.2. The summed E-state index contributed by atoms with van der Waals surface area (Å²) < 4.78 is 20.8. The number of carbonyl (C=O) groups is 1. The van der Waals surface area contributed by atoms with Crippen LogP contribution in [-0.2, 0) is 4.79 Å². The van der Waals surface area contributed by atoms with Crippen LogP contribution in [0.4, 0.5) is 0 Å². The number of hydrogen-bond acceptors (Lipinski definition) is 5. The number of hydrogen-bond donors (Lipinski definition) is 0. The van der Waals surface area contributed by atoms with Crippen molar-refractivity contribution in [2.24, 2.45) is 0 Å². The number of benzene rings is 1. The van der Waals surface area contributed by atoms with Crippen LogP contribution in [-0.4, -0.2) is 33.7 Å². The van der Waals surface area contributed by atoms with Gasteiger partial charge < -0.3 is 18.9 Å². The summed E-state index contributed by atoms with van der Waals surface area (Å²) in [5, 5.41) is 0. The third kappa shape index (κ3) is 3.27. The van der Waals surface area contributed by atoms with E-state index >= 15 is 0 Å². The Morgan fingerprint density at radius 2 is 1.59 bits per heavy atom. The van der Waals surface area contributed by atoms with E-state index in [0.29, 0.717) is 23.0 Å². The Kier molecular flexibility index (Phi) is 4.63. The van der Waals surface area contributed by atoms with Crippen LogP contribution in [0.5, 0.6) is 23.0 Å². The van der Waals surface area contributed by atoms with Crippen molar-refractivity contribution in [1.82, 2.24) is 0 Å². The van der Waals surface area contributed by atoms with Crippen molar-refractivity contribution in [3.63, 3.8) is 0 Å². The SMILES string of the molecule is COc1cc(OCC(C)=O)cc(OC)c1OC. The van der Waals surface area contributed by atoms with Crippen LogP contribution in [0, 0.1) is 0 Å². The Morgan fingerprint density at radius 3 is 1.94 bits per heavy atom. The maximum absolute atomic E-state index is 10.8. The standard InChI is InChI=1S/C12H16O5/c1-8(13)7-17-9-5-10(14-2)12(16-4)11(6-9)15-3/h5-6H,7H2,1-4H3. The van der Waals surface area contributed by atoms with E-state index < -0.39 is 0 Å². The van der Waals surface area contributed by atoms with Gasteiger partial charge in [0.05, 0.1) is 21.3 Å². The predicted octanol–water partition coefficient (Wildman–Crippen LogP) is 1.68. The zero-order valence-corrected chi connectivity index (χ0v) is 10.4. The average molecular weight is 240 g/mol. The molecule has 5 heteroatoms. The molecule has 1 aromatic carbocycles. The second-order valence-corrected chi connectivity index (χ2v) is 3.35. The van der Waals surface area contributed by atoms with Gasteiger partial charge in [0.15, 0.2) is 17.3 Å². The lowest BCUT2D eigenvalue weighted by Gasteiger charge is -2.14. The molecule has 0 saturated carbocycles. The minimum atomic E-state index is -0.0567. The first-order valence-electron chi connectivity index (χ1n) is 5.04. The molecule has 0 amide bonds. The third-order valence-corrected chi connectivity index (χ3v) is 2.08. The first-order chi connectivity index (χ1) is 8.12. The fraction of sp³-hybridized carbons (Fsp3) is 0.417. The Hall–Kier alpha value is -1.91. The number of Topliss-reactive ketones (excluding diaryl/α,β-unsaturated/α-hetero) is 1. The molecule has 0 aliphatic heterocycles. The topological polar surface area (TPSA) is 54.0 Å². The molecule has 0 unspecified atom stereocenters. The van der Waals surface area contributed by atoms with Crippen molar-refractivity contribution in [2.75, 3.05) is 27.9 Å². The molecule has 17 heavy (non-hydrogen) atoms. The van der Waals surface area contributed by atoms with Crippen molar-refractivity contribution < 1.29 is 23.7 Å². The number of ketones is 1. The summed E-state index contributed by atoms with van der Waals surface area (Å²) in [7, 11) is 4.56. The number of carbonyl (C=O) groups excluding carboxylic acids is 1. The molecule has 0 fully saturated rings. The summed E-state index contributed by atoms with van der Waals surface area (Å²) in [6, 6.07) is 3.29. The maximum Gasteiger partial charge on any atom is 0.203 e. The highest BCUT2D eigenvalue weighted by atomic mass is 16.5. The average Bonchev–Trinajstić information content (AvgIpc) is 2.34. The van der Waals surface area contributed by atoms with Gasteiger partial charge in [-0.05, 0) is 6.92 Å². The van der Waals surface area contributed by atoms with E-state index in [9.17, 15) is 4.79 Å². The van der Waals surface area contributed by atoms with Gasteiger partial charge in [0.1, 0.15) is 12.4 Å². The molecule has 5 nitrogen and oxygen atoms in total. The van der Waals surface area contributed by atoms with Gasteiger partial charge in [0.25, 0.3) is 0 Å². The highest BCUT2D eigenvalue weighted by molar-refractivity contribution is 5.77. The zero-order chi connectivity index (χ0) is 12.8. The van der Waals surface area contributed by atoms with Gasteiger partial charge in [-0.1, -0.05) is 0 Å². The van der Waals surface area contributed by atoms with Gasteiger partial charge >= 0.3 is 0 Å². The van der Waals surface area contributed by atoms with Gasteiger partial charge in [-0.25, -0.2) is 0 Å². The van der Waals surface area contributed by atoms with Crippen molar-refractivity contribution in [1.29, 1.82) is 0 Å². The summed E-state index contributed by atoms with van der Waals surface area (Å²) in [5.74, 6) is 1.91. The number of methoxy groups -OCH3 is 3. The number of rotatable bonds is 6. The molecular weight excluding hydrogens is 224 g/mol. The van der Waals surface area contributed by atoms with Crippen LogP contribution in [0.3, 0.4) is 0 Å². The van der Waals surface area contributed by atoms with Crippen molar-refractivity contribution in [2.45, 2.75) is 6.92 Å². The predicted molar refractivity (Wildman–Crippen MR) is 62.3 cm³/mol. The van der Waals surface area contributed by atoms with Gasteiger partial charge in [0, 0.05) is 12.1 Å². The maximum atomic E-state index is 10.8. The van der Waals surface area contributed by atoms with Crippen LogP contribution >= 0.6 is 0 Å². The monoisotopic (exact) mass is 240 g/mol. The molecule has 94 valence electrons. The fourth-order valence-corrected chi connectivity index (χ4v) is 1.33. The van der Waals surface area contributed by atoms with Crippen LogP contribution < -0.4 is 18.9 Å². The Morgan fingerprint density at radius 1 is 1.06 bits per heavy atom. The molecule has 0 atom stereocenters. The van der Waals surface area contributed by atoms with Gasteiger partial charge in [-0.15, -0.1) is 0 Å². The lowest BCUT2D eigenvalue weighted by Crippen LogP contribution is -2.07. The first kappa shape index (κ1) is 13.2. The molecular formula is C12H16O5. The molecule has 0 radical (unpaired) electrons. The van der Waals surface area contributed by atoms with Crippen molar-refractivity contribution in [3.05, 3.63) is 12.1 Å². The van der Waals surface area contributed by atoms with Crippen LogP contribution in [0.2, 0.25) is 0 Å². The Labute approximate surface area is 100 Å². The van der Waals surface area contributed by atoms with Crippen LogP contribution in [0.1, 0.15) is 6.92 Å². The molecule has 0 heterocycles. The fourth-order valence-electron chi connectivity index (χ4n) is 1.33. The van der Waals surface area contributed by atoms with E-state index in [0.717, 1.165) is 0 Å². The first-order valence-corrected chi connectivity index (χ1v) is 5.04. The Balaban J connectivity index is 3.04. The van der Waals surface area contributed by atoms with E-state index in [2.05, 4.69) is 0 Å². The molecule has 0 saturated heterocycles. The minimum absolute atomic E-state index is 0.0125. The van der Waals surface area contributed by atoms with E-state index in [1.807, 2.05) is 0 Å². The smallest absolute Gasteiger partial charge is 0.203 e. The largest absolute Gasteiger partial charge is 0.493 e. The van der Waals surface area contributed by atoms with Crippen molar-refractivity contribution in [3.8, 4) is 23.0 Å². The van der Waals surface area contributed by atoms with E-state index in [4.69, 9.17) is 18.9 Å². The zero-order valence-electron chi connectivity index (χ0n) is 10.4. The molecule has 0 aliphatic carbocycles. The molecule has 0 spiro atoms. The highest BCUT2D eigenvalue weighted by Gasteiger charge is 2.13. The van der Waals surface area contributed by atoms with Gasteiger partial charge in [0.2, 0.25) is 5.75 Å². The quantitative estimate of drug-likeness (QED) is 0.757. The van der Waals surface area contributed by atoms with E-state index in [1.165, 1.54) is 28.3 Å². The summed E-state index contributed by atoms with van der Waals surface area (Å²) >= 11 is 0. The third-order valence-electron chi connectivity index (χ3n) is 2.08. The summed E-state index contributed by atoms with van der Waals surface area (Å²) in [6.07, 6.45) is 0. The summed E-state index contributed by atoms with van der Waals surface area (Å²) in [5.41, 5.74) is 0. The molecule has 0 aliphatic rings. The highest BCUT2D eigenvalue weighted by Crippen LogP contribution is 2.40. The normalized spacial score (nSPS) is 9.65. The molecule has 0 N–H and O–H groups in total. The molecule has 0 aromatic heterocycles. The van der Waals surface area contributed by atoms with E-state index in [1.54, 1.807) is 12.1 Å². The van der Waals surface area contributed by atoms with Crippen LogP contribution in [0.15, 0.2) is 12.1 Å². The number of ether oxygens (including phenoxy) is 4. The van der Waals surface area contributed by atoms with Gasteiger partial charge in [-0.2, -0.15) is 0 Å². The molecule has 1 aromatic rings. The van der Waals surface area contributed by atoms with Gasteiger partial charge in [-0.3, -0.25) is 4.79 Å². The molecule has 1 rings (SSSR count).